The van der Waals surface area contributed by atoms with Gasteiger partial charge in [0.1, 0.15) is 0 Å². The number of likely N-dealkylation sites (tertiary alicyclic amines) is 1. The number of hydrogen-bond acceptors (Lipinski definition) is 3. The SMILES string of the molecule is CC(C)(C)CCCCOC1CCN(CCCOC(C)(C)C)C1. The standard InChI is InChI=1S/C19H39NO2/c1-18(2,3)11-7-8-14-21-17-10-13-20(16-17)12-9-15-22-19(4,5)6/h17H,7-16H2,1-6H3. The first-order valence-electron chi connectivity index (χ1n) is 9.14. The van der Waals surface area contributed by atoms with Crippen molar-refractivity contribution in [2.75, 3.05) is 32.8 Å². The molecule has 0 aromatic carbocycles. The normalized spacial score (nSPS) is 20.7. The first-order chi connectivity index (χ1) is 10.2. The van der Waals surface area contributed by atoms with Gasteiger partial charge in [0.05, 0.1) is 11.7 Å². The van der Waals surface area contributed by atoms with Gasteiger partial charge in [-0.3, -0.25) is 0 Å². The minimum Gasteiger partial charge on any atom is -0.377 e. The molecular weight excluding hydrogens is 274 g/mol. The van der Waals surface area contributed by atoms with Crippen molar-refractivity contribution in [2.24, 2.45) is 5.41 Å². The number of unbranched alkanes of at least 4 members (excludes halogenated alkanes) is 1. The lowest BCUT2D eigenvalue weighted by atomic mass is 9.90. The van der Waals surface area contributed by atoms with Crippen molar-refractivity contribution >= 4 is 0 Å². The molecule has 0 aromatic heterocycles. The van der Waals surface area contributed by atoms with Gasteiger partial charge in [-0.05, 0) is 51.9 Å². The maximum absolute atomic E-state index is 6.04. The fourth-order valence-electron chi connectivity index (χ4n) is 2.81. The summed E-state index contributed by atoms with van der Waals surface area (Å²) in [5.41, 5.74) is 0.447. The maximum atomic E-state index is 6.04. The van der Waals surface area contributed by atoms with E-state index in [0.29, 0.717) is 11.5 Å². The van der Waals surface area contributed by atoms with Crippen LogP contribution in [-0.2, 0) is 9.47 Å². The Balaban J connectivity index is 1.99. The Labute approximate surface area is 138 Å². The van der Waals surface area contributed by atoms with Crippen molar-refractivity contribution in [1.82, 2.24) is 4.90 Å². The van der Waals surface area contributed by atoms with Crippen LogP contribution in [0.2, 0.25) is 0 Å². The van der Waals surface area contributed by atoms with E-state index in [0.717, 1.165) is 32.7 Å². The molecule has 3 nitrogen and oxygen atoms in total. The van der Waals surface area contributed by atoms with Gasteiger partial charge >= 0.3 is 0 Å². The second kappa shape index (κ2) is 9.24. The molecule has 3 heteroatoms. The topological polar surface area (TPSA) is 21.7 Å². The van der Waals surface area contributed by atoms with Crippen LogP contribution < -0.4 is 0 Å². The van der Waals surface area contributed by atoms with Crippen molar-refractivity contribution < 1.29 is 9.47 Å². The lowest BCUT2D eigenvalue weighted by Crippen LogP contribution is -2.27. The van der Waals surface area contributed by atoms with Gasteiger partial charge in [0, 0.05) is 32.8 Å². The zero-order chi connectivity index (χ0) is 16.6. The van der Waals surface area contributed by atoms with E-state index in [2.05, 4.69) is 46.4 Å². The molecule has 0 aliphatic carbocycles. The van der Waals surface area contributed by atoms with Gasteiger partial charge in [-0.1, -0.05) is 27.2 Å². The molecule has 0 radical (unpaired) electrons. The average molecular weight is 314 g/mol. The molecule has 1 saturated heterocycles. The van der Waals surface area contributed by atoms with Crippen molar-refractivity contribution in [3.8, 4) is 0 Å². The lowest BCUT2D eigenvalue weighted by Gasteiger charge is -2.21. The Bertz CT molecular complexity index is 291. The molecule has 1 atom stereocenters. The third-order valence-electron chi connectivity index (χ3n) is 4.06. The second-order valence-corrected chi connectivity index (χ2v) is 8.91. The maximum Gasteiger partial charge on any atom is 0.0714 e. The minimum atomic E-state index is -0.0102. The molecule has 1 aliphatic rings. The van der Waals surface area contributed by atoms with Crippen LogP contribution in [0.5, 0.6) is 0 Å². The summed E-state index contributed by atoms with van der Waals surface area (Å²) in [5, 5.41) is 0. The molecule has 1 rings (SSSR count). The number of rotatable bonds is 9. The van der Waals surface area contributed by atoms with E-state index in [9.17, 15) is 0 Å². The highest BCUT2D eigenvalue weighted by Crippen LogP contribution is 2.22. The van der Waals surface area contributed by atoms with Crippen LogP contribution in [0.25, 0.3) is 0 Å². The lowest BCUT2D eigenvalue weighted by molar-refractivity contribution is -0.00707. The summed E-state index contributed by atoms with van der Waals surface area (Å²) in [6.07, 6.45) is 6.55. The predicted octanol–water partition coefficient (Wildman–Crippen LogP) is 4.50. The van der Waals surface area contributed by atoms with Crippen LogP contribution >= 0.6 is 0 Å². The fourth-order valence-corrected chi connectivity index (χ4v) is 2.81. The van der Waals surface area contributed by atoms with Gasteiger partial charge in [-0.2, -0.15) is 0 Å². The fraction of sp³-hybridized carbons (Fsp3) is 1.00. The van der Waals surface area contributed by atoms with Gasteiger partial charge in [0.15, 0.2) is 0 Å². The van der Waals surface area contributed by atoms with Crippen LogP contribution in [0.1, 0.15) is 73.6 Å². The van der Waals surface area contributed by atoms with Gasteiger partial charge in [0.25, 0.3) is 0 Å². The summed E-state index contributed by atoms with van der Waals surface area (Å²) >= 11 is 0. The summed E-state index contributed by atoms with van der Waals surface area (Å²) < 4.78 is 11.8. The van der Waals surface area contributed by atoms with Crippen LogP contribution in [0.3, 0.4) is 0 Å². The number of nitrogens with zero attached hydrogens (tertiary/aromatic N) is 1. The smallest absolute Gasteiger partial charge is 0.0714 e. The Morgan fingerprint density at radius 1 is 0.955 bits per heavy atom. The van der Waals surface area contributed by atoms with E-state index in [4.69, 9.17) is 9.47 Å². The monoisotopic (exact) mass is 313 g/mol. The number of hydrogen-bond donors (Lipinski definition) is 0. The van der Waals surface area contributed by atoms with Crippen molar-refractivity contribution in [2.45, 2.75) is 85.4 Å². The van der Waals surface area contributed by atoms with Gasteiger partial charge < -0.3 is 14.4 Å². The largest absolute Gasteiger partial charge is 0.377 e. The molecule has 1 aliphatic heterocycles. The molecule has 1 fully saturated rings. The van der Waals surface area contributed by atoms with Gasteiger partial charge in [-0.25, -0.2) is 0 Å². The molecule has 0 bridgehead atoms. The minimum absolute atomic E-state index is 0.0102. The predicted molar refractivity (Wildman–Crippen MR) is 94.4 cm³/mol. The van der Waals surface area contributed by atoms with Crippen LogP contribution in [0.4, 0.5) is 0 Å². The van der Waals surface area contributed by atoms with E-state index in [1.807, 2.05) is 0 Å². The van der Waals surface area contributed by atoms with Crippen molar-refractivity contribution in [1.29, 1.82) is 0 Å². The molecule has 0 N–H and O–H groups in total. The molecule has 22 heavy (non-hydrogen) atoms. The Hall–Kier alpha value is -0.120. The molecule has 0 amide bonds. The zero-order valence-corrected chi connectivity index (χ0v) is 15.9. The van der Waals surface area contributed by atoms with Crippen LogP contribution in [0, 0.1) is 5.41 Å². The highest BCUT2D eigenvalue weighted by molar-refractivity contribution is 4.76. The van der Waals surface area contributed by atoms with Crippen molar-refractivity contribution in [3.05, 3.63) is 0 Å². The summed E-state index contributed by atoms with van der Waals surface area (Å²) in [5.74, 6) is 0. The third-order valence-corrected chi connectivity index (χ3v) is 4.06. The Kier molecular flexibility index (Phi) is 8.37. The van der Waals surface area contributed by atoms with Gasteiger partial charge in [0.2, 0.25) is 0 Å². The highest BCUT2D eigenvalue weighted by atomic mass is 16.5. The summed E-state index contributed by atoms with van der Waals surface area (Å²) in [6, 6.07) is 0. The molecule has 1 unspecified atom stereocenters. The summed E-state index contributed by atoms with van der Waals surface area (Å²) in [4.78, 5) is 2.52. The Morgan fingerprint density at radius 3 is 2.32 bits per heavy atom. The van der Waals surface area contributed by atoms with E-state index >= 15 is 0 Å². The summed E-state index contributed by atoms with van der Waals surface area (Å²) in [6.45, 7) is 18.5. The average Bonchev–Trinajstić information content (AvgIpc) is 2.80. The molecule has 0 aromatic rings. The van der Waals surface area contributed by atoms with Crippen LogP contribution in [-0.4, -0.2) is 49.5 Å². The molecule has 0 saturated carbocycles. The third kappa shape index (κ3) is 10.6. The van der Waals surface area contributed by atoms with Crippen LogP contribution in [0.15, 0.2) is 0 Å². The molecule has 0 spiro atoms. The van der Waals surface area contributed by atoms with Crippen molar-refractivity contribution in [3.63, 3.8) is 0 Å². The first-order valence-corrected chi connectivity index (χ1v) is 9.14. The van der Waals surface area contributed by atoms with E-state index in [-0.39, 0.29) is 5.60 Å². The second-order valence-electron chi connectivity index (χ2n) is 8.91. The Morgan fingerprint density at radius 2 is 1.68 bits per heavy atom. The summed E-state index contributed by atoms with van der Waals surface area (Å²) in [7, 11) is 0. The van der Waals surface area contributed by atoms with E-state index < -0.39 is 0 Å². The molecular formula is C19H39NO2. The molecule has 132 valence electrons. The first kappa shape index (κ1) is 19.9. The zero-order valence-electron chi connectivity index (χ0n) is 15.9. The molecule has 1 heterocycles. The van der Waals surface area contributed by atoms with E-state index in [1.54, 1.807) is 0 Å². The van der Waals surface area contributed by atoms with E-state index in [1.165, 1.54) is 32.2 Å². The number of ether oxygens (including phenoxy) is 2. The highest BCUT2D eigenvalue weighted by Gasteiger charge is 2.22. The van der Waals surface area contributed by atoms with Gasteiger partial charge in [-0.15, -0.1) is 0 Å². The quantitative estimate of drug-likeness (QED) is 0.585.